The van der Waals surface area contributed by atoms with Gasteiger partial charge in [-0.25, -0.2) is 0 Å². The fourth-order valence-electron chi connectivity index (χ4n) is 0.823. The van der Waals surface area contributed by atoms with Crippen molar-refractivity contribution in [2.24, 2.45) is 5.11 Å². The smallest absolute Gasteiger partial charge is 0.0400 e. The van der Waals surface area contributed by atoms with Crippen LogP contribution in [0.2, 0.25) is 0 Å². The molecule has 1 atom stereocenters. The third-order valence-electron chi connectivity index (χ3n) is 1.48. The normalized spacial score (nSPS) is 17.4. The van der Waals surface area contributed by atoms with Crippen LogP contribution in [-0.4, -0.2) is 18.0 Å². The van der Waals surface area contributed by atoms with E-state index in [1.165, 1.54) is 5.70 Å². The highest BCUT2D eigenvalue weighted by Crippen LogP contribution is 2.23. The average molecular weight is 138 g/mol. The SMILES string of the molecule is CC(CC1=CN1C)N=[N+]=[N-]. The van der Waals surface area contributed by atoms with Crippen molar-refractivity contribution in [2.45, 2.75) is 19.4 Å². The Kier molecular flexibility index (Phi) is 1.83. The summed E-state index contributed by atoms with van der Waals surface area (Å²) < 4.78 is 0. The first-order valence-corrected chi connectivity index (χ1v) is 3.22. The van der Waals surface area contributed by atoms with Crippen molar-refractivity contribution >= 4 is 0 Å². The van der Waals surface area contributed by atoms with Crippen molar-refractivity contribution < 1.29 is 0 Å². The summed E-state index contributed by atoms with van der Waals surface area (Å²) in [7, 11) is 1.98. The molecule has 4 heteroatoms. The van der Waals surface area contributed by atoms with Crippen LogP contribution in [0.4, 0.5) is 0 Å². The number of hydrogen-bond acceptors (Lipinski definition) is 2. The zero-order valence-corrected chi connectivity index (χ0v) is 6.15. The van der Waals surface area contributed by atoms with Crippen molar-refractivity contribution in [3.05, 3.63) is 22.3 Å². The molecule has 10 heavy (non-hydrogen) atoms. The van der Waals surface area contributed by atoms with E-state index >= 15 is 0 Å². The number of hydrogen-bond donors (Lipinski definition) is 0. The molecule has 0 radical (unpaired) electrons. The molecule has 0 spiro atoms. The average Bonchev–Trinajstić information content (AvgIpc) is 2.47. The van der Waals surface area contributed by atoms with Crippen LogP contribution in [0.25, 0.3) is 10.4 Å². The summed E-state index contributed by atoms with van der Waals surface area (Å²) in [5, 5.41) is 3.55. The molecule has 0 bridgehead atoms. The monoisotopic (exact) mass is 138 g/mol. The fraction of sp³-hybridized carbons (Fsp3) is 0.667. The van der Waals surface area contributed by atoms with Crippen LogP contribution < -0.4 is 0 Å². The lowest BCUT2D eigenvalue weighted by Gasteiger charge is -1.99. The maximum atomic E-state index is 8.06. The molecule has 0 aliphatic carbocycles. The summed E-state index contributed by atoms with van der Waals surface area (Å²) in [5.74, 6) is 0. The second-order valence-electron chi connectivity index (χ2n) is 2.49. The third kappa shape index (κ3) is 1.67. The fourth-order valence-corrected chi connectivity index (χ4v) is 0.823. The topological polar surface area (TPSA) is 51.8 Å². The molecule has 1 aliphatic rings. The van der Waals surface area contributed by atoms with Crippen molar-refractivity contribution in [1.82, 2.24) is 4.90 Å². The van der Waals surface area contributed by atoms with Gasteiger partial charge in [0, 0.05) is 29.9 Å². The van der Waals surface area contributed by atoms with Crippen molar-refractivity contribution in [1.29, 1.82) is 0 Å². The third-order valence-corrected chi connectivity index (χ3v) is 1.48. The van der Waals surface area contributed by atoms with Gasteiger partial charge >= 0.3 is 0 Å². The summed E-state index contributed by atoms with van der Waals surface area (Å²) in [6.07, 6.45) is 2.89. The van der Waals surface area contributed by atoms with Gasteiger partial charge in [-0.3, -0.25) is 0 Å². The molecule has 1 heterocycles. The molecular weight excluding hydrogens is 128 g/mol. The maximum Gasteiger partial charge on any atom is 0.0400 e. The molecule has 4 nitrogen and oxygen atoms in total. The first-order chi connectivity index (χ1) is 4.74. The summed E-state index contributed by atoms with van der Waals surface area (Å²) in [5.41, 5.74) is 9.32. The van der Waals surface area contributed by atoms with Crippen molar-refractivity contribution in [2.75, 3.05) is 7.05 Å². The quantitative estimate of drug-likeness (QED) is 0.333. The molecule has 1 unspecified atom stereocenters. The van der Waals surface area contributed by atoms with Crippen LogP contribution >= 0.6 is 0 Å². The Bertz CT molecular complexity index is 202. The van der Waals surface area contributed by atoms with E-state index in [1.54, 1.807) is 0 Å². The summed E-state index contributed by atoms with van der Waals surface area (Å²) >= 11 is 0. The molecule has 0 aromatic heterocycles. The molecule has 0 amide bonds. The van der Waals surface area contributed by atoms with E-state index in [2.05, 4.69) is 10.0 Å². The Balaban J connectivity index is 2.25. The molecule has 1 aliphatic heterocycles. The van der Waals surface area contributed by atoms with Gasteiger partial charge in [0.05, 0.1) is 0 Å². The Morgan fingerprint density at radius 2 is 2.50 bits per heavy atom. The highest BCUT2D eigenvalue weighted by atomic mass is 15.2. The summed E-state index contributed by atoms with van der Waals surface area (Å²) in [6.45, 7) is 1.91. The van der Waals surface area contributed by atoms with Gasteiger partial charge in [-0.05, 0) is 12.0 Å². The predicted molar refractivity (Wildman–Crippen MR) is 39.1 cm³/mol. The minimum absolute atomic E-state index is 0.0844. The lowest BCUT2D eigenvalue weighted by molar-refractivity contribution is 0.633. The van der Waals surface area contributed by atoms with E-state index in [0.717, 1.165) is 6.42 Å². The molecule has 0 saturated carbocycles. The van der Waals surface area contributed by atoms with Gasteiger partial charge in [0.1, 0.15) is 0 Å². The lowest BCUT2D eigenvalue weighted by Crippen LogP contribution is -1.98. The predicted octanol–water partition coefficient (Wildman–Crippen LogP) is 1.86. The van der Waals surface area contributed by atoms with E-state index in [9.17, 15) is 0 Å². The van der Waals surface area contributed by atoms with Crippen molar-refractivity contribution in [3.63, 3.8) is 0 Å². The molecule has 0 fully saturated rings. The number of azide groups is 1. The summed E-state index contributed by atoms with van der Waals surface area (Å²) in [4.78, 5) is 4.75. The lowest BCUT2D eigenvalue weighted by atomic mass is 10.2. The van der Waals surface area contributed by atoms with Gasteiger partial charge < -0.3 is 4.90 Å². The van der Waals surface area contributed by atoms with E-state index < -0.39 is 0 Å². The van der Waals surface area contributed by atoms with E-state index in [0.29, 0.717) is 0 Å². The summed E-state index contributed by atoms with van der Waals surface area (Å²) in [6, 6.07) is 0.0844. The van der Waals surface area contributed by atoms with Gasteiger partial charge in [0.15, 0.2) is 0 Å². The molecule has 0 aromatic rings. The molecule has 1 rings (SSSR count). The van der Waals surface area contributed by atoms with E-state index in [4.69, 9.17) is 5.53 Å². The number of nitrogens with zero attached hydrogens (tertiary/aromatic N) is 4. The van der Waals surface area contributed by atoms with Crippen LogP contribution in [0.1, 0.15) is 13.3 Å². The van der Waals surface area contributed by atoms with Gasteiger partial charge in [-0.1, -0.05) is 12.0 Å². The van der Waals surface area contributed by atoms with Crippen LogP contribution in [0.15, 0.2) is 17.0 Å². The maximum absolute atomic E-state index is 8.06. The molecular formula is C6H10N4. The Morgan fingerprint density at radius 1 is 1.90 bits per heavy atom. The van der Waals surface area contributed by atoms with E-state index in [-0.39, 0.29) is 6.04 Å². The molecule has 54 valence electrons. The van der Waals surface area contributed by atoms with Crippen molar-refractivity contribution in [3.8, 4) is 0 Å². The Labute approximate surface area is 59.8 Å². The van der Waals surface area contributed by atoms with Crippen LogP contribution in [0.3, 0.4) is 0 Å². The number of rotatable bonds is 3. The van der Waals surface area contributed by atoms with Gasteiger partial charge in [0.25, 0.3) is 0 Å². The largest absolute Gasteiger partial charge is 0.351 e. The highest BCUT2D eigenvalue weighted by molar-refractivity contribution is 5.18. The van der Waals surface area contributed by atoms with Gasteiger partial charge in [-0.15, -0.1) is 0 Å². The van der Waals surface area contributed by atoms with Gasteiger partial charge in [-0.2, -0.15) is 0 Å². The molecule has 0 N–H and O–H groups in total. The zero-order chi connectivity index (χ0) is 7.56. The molecule has 0 saturated heterocycles. The Hall–Kier alpha value is -1.15. The second-order valence-corrected chi connectivity index (χ2v) is 2.49. The van der Waals surface area contributed by atoms with Gasteiger partial charge in [0.2, 0.25) is 0 Å². The Morgan fingerprint density at radius 3 is 2.90 bits per heavy atom. The zero-order valence-electron chi connectivity index (χ0n) is 6.15. The second kappa shape index (κ2) is 2.62. The van der Waals surface area contributed by atoms with Crippen LogP contribution in [0.5, 0.6) is 0 Å². The molecule has 0 aromatic carbocycles. The van der Waals surface area contributed by atoms with E-state index in [1.807, 2.05) is 25.1 Å². The minimum Gasteiger partial charge on any atom is -0.351 e. The minimum atomic E-state index is 0.0844. The van der Waals surface area contributed by atoms with Crippen LogP contribution in [-0.2, 0) is 0 Å². The standard InChI is InChI=1S/C6H10N4/c1-5(8-9-7)3-6-4-10(6)2/h4-5H,3H2,1-2H3. The first-order valence-electron chi connectivity index (χ1n) is 3.22. The highest BCUT2D eigenvalue weighted by Gasteiger charge is 2.16. The first kappa shape index (κ1) is 6.96. The van der Waals surface area contributed by atoms with Crippen LogP contribution in [0, 0.1) is 0 Å².